The number of nitrogens with one attached hydrogen (secondary N) is 1. The van der Waals surface area contributed by atoms with Crippen molar-refractivity contribution >= 4 is 0 Å². The second-order valence-electron chi connectivity index (χ2n) is 5.22. The fourth-order valence-electron chi connectivity index (χ4n) is 2.67. The summed E-state index contributed by atoms with van der Waals surface area (Å²) in [4.78, 5) is 0. The van der Waals surface area contributed by atoms with Gasteiger partial charge in [0.15, 0.2) is 0 Å². The van der Waals surface area contributed by atoms with Crippen LogP contribution in [0.4, 0.5) is 0 Å². The molecule has 2 N–H and O–H groups in total. The zero-order valence-corrected chi connectivity index (χ0v) is 12.2. The van der Waals surface area contributed by atoms with Gasteiger partial charge in [-0.25, -0.2) is 0 Å². The first-order valence-corrected chi connectivity index (χ1v) is 7.08. The summed E-state index contributed by atoms with van der Waals surface area (Å²) in [6.07, 6.45) is 0. The predicted molar refractivity (Wildman–Crippen MR) is 83.8 cm³/mol. The lowest BCUT2D eigenvalue weighted by molar-refractivity contribution is 0.270. The van der Waals surface area contributed by atoms with Gasteiger partial charge in [-0.1, -0.05) is 60.7 Å². The van der Waals surface area contributed by atoms with E-state index in [9.17, 15) is 5.26 Å². The molecule has 1 atom stereocenters. The van der Waals surface area contributed by atoms with Crippen LogP contribution in [0.5, 0.6) is 0 Å². The van der Waals surface area contributed by atoms with E-state index < -0.39 is 5.54 Å². The van der Waals surface area contributed by atoms with Gasteiger partial charge in [-0.05, 0) is 18.1 Å². The van der Waals surface area contributed by atoms with Crippen LogP contribution in [0.15, 0.2) is 60.7 Å². The van der Waals surface area contributed by atoms with Crippen molar-refractivity contribution in [1.29, 1.82) is 5.26 Å². The highest BCUT2D eigenvalue weighted by atomic mass is 16.3. The summed E-state index contributed by atoms with van der Waals surface area (Å²) in [5.74, 6) is -0.101. The molecule has 2 rings (SSSR count). The highest BCUT2D eigenvalue weighted by Gasteiger charge is 2.36. The maximum atomic E-state index is 9.71. The Morgan fingerprint density at radius 3 is 1.90 bits per heavy atom. The molecule has 21 heavy (non-hydrogen) atoms. The van der Waals surface area contributed by atoms with E-state index in [-0.39, 0.29) is 12.5 Å². The Morgan fingerprint density at radius 2 is 1.52 bits per heavy atom. The molecule has 1 unspecified atom stereocenters. The van der Waals surface area contributed by atoms with Crippen LogP contribution in [0, 0.1) is 11.3 Å². The Balaban J connectivity index is 2.48. The number of rotatable bonds is 6. The van der Waals surface area contributed by atoms with Gasteiger partial charge >= 0.3 is 0 Å². The summed E-state index contributed by atoms with van der Waals surface area (Å²) in [5.41, 5.74) is 1.38. The third-order valence-electron chi connectivity index (χ3n) is 3.68. The van der Waals surface area contributed by atoms with Crippen LogP contribution in [0.2, 0.25) is 0 Å². The van der Waals surface area contributed by atoms with Crippen LogP contribution in [-0.2, 0) is 0 Å². The summed E-state index contributed by atoms with van der Waals surface area (Å²) in [6.45, 7) is 2.28. The van der Waals surface area contributed by atoms with Crippen LogP contribution >= 0.6 is 0 Å². The van der Waals surface area contributed by atoms with Gasteiger partial charge in [-0.15, -0.1) is 0 Å². The quantitative estimate of drug-likeness (QED) is 0.855. The van der Waals surface area contributed by atoms with Crippen molar-refractivity contribution in [2.24, 2.45) is 0 Å². The Hall–Kier alpha value is -2.15. The summed E-state index contributed by atoms with van der Waals surface area (Å²) in [7, 11) is 0. The van der Waals surface area contributed by atoms with E-state index >= 15 is 0 Å². The minimum atomic E-state index is -0.786. The summed E-state index contributed by atoms with van der Waals surface area (Å²) in [5, 5.41) is 22.0. The van der Waals surface area contributed by atoms with Gasteiger partial charge in [-0.2, -0.15) is 5.26 Å². The van der Waals surface area contributed by atoms with E-state index in [4.69, 9.17) is 5.11 Å². The van der Waals surface area contributed by atoms with E-state index in [1.165, 1.54) is 0 Å². The van der Waals surface area contributed by atoms with Gasteiger partial charge in [0.1, 0.15) is 5.54 Å². The number of aliphatic hydroxyl groups excluding tert-OH is 1. The molecule has 0 bridgehead atoms. The monoisotopic (exact) mass is 280 g/mol. The molecule has 2 aromatic carbocycles. The van der Waals surface area contributed by atoms with E-state index in [1.54, 1.807) is 0 Å². The fourth-order valence-corrected chi connectivity index (χ4v) is 2.67. The van der Waals surface area contributed by atoms with E-state index in [1.807, 2.05) is 67.6 Å². The lowest BCUT2D eigenvalue weighted by atomic mass is 9.77. The lowest BCUT2D eigenvalue weighted by Crippen LogP contribution is -2.47. The first-order valence-electron chi connectivity index (χ1n) is 7.08. The van der Waals surface area contributed by atoms with Crippen LogP contribution in [-0.4, -0.2) is 23.8 Å². The molecule has 108 valence electrons. The molecule has 3 heteroatoms. The lowest BCUT2D eigenvalue weighted by Gasteiger charge is -2.33. The van der Waals surface area contributed by atoms with Crippen molar-refractivity contribution in [2.75, 3.05) is 13.2 Å². The largest absolute Gasteiger partial charge is 0.395 e. The van der Waals surface area contributed by atoms with Crippen LogP contribution in [0.1, 0.15) is 24.0 Å². The van der Waals surface area contributed by atoms with Crippen molar-refractivity contribution in [3.05, 3.63) is 71.8 Å². The maximum absolute atomic E-state index is 9.71. The second kappa shape index (κ2) is 7.03. The molecule has 0 spiro atoms. The standard InChI is InChI=1S/C18H20N2O/c1-18(14-19,20-12-13-21)17(15-8-4-2-5-9-15)16-10-6-3-7-11-16/h2-11,17,20-21H,12-13H2,1H3. The average molecular weight is 280 g/mol. The van der Waals surface area contributed by atoms with Gasteiger partial charge in [0, 0.05) is 12.5 Å². The first kappa shape index (κ1) is 15.2. The molecule has 0 fully saturated rings. The number of aliphatic hydroxyl groups is 1. The zero-order valence-electron chi connectivity index (χ0n) is 12.2. The molecule has 2 aromatic rings. The van der Waals surface area contributed by atoms with Crippen LogP contribution < -0.4 is 5.32 Å². The number of hydrogen-bond donors (Lipinski definition) is 2. The predicted octanol–water partition coefficient (Wildman–Crippen LogP) is 2.68. The normalized spacial score (nSPS) is 13.6. The van der Waals surface area contributed by atoms with Crippen LogP contribution in [0.25, 0.3) is 0 Å². The van der Waals surface area contributed by atoms with Gasteiger partial charge in [0.25, 0.3) is 0 Å². The molecule has 0 heterocycles. The average Bonchev–Trinajstić information content (AvgIpc) is 2.55. The number of hydrogen-bond acceptors (Lipinski definition) is 3. The van der Waals surface area contributed by atoms with Gasteiger partial charge in [-0.3, -0.25) is 5.32 Å². The SMILES string of the molecule is CC(C#N)(NCCO)C(c1ccccc1)c1ccccc1. The summed E-state index contributed by atoms with van der Waals surface area (Å²) in [6, 6.07) is 22.4. The van der Waals surface area contributed by atoms with Crippen molar-refractivity contribution in [3.63, 3.8) is 0 Å². The minimum absolute atomic E-state index is 0.00751. The second-order valence-corrected chi connectivity index (χ2v) is 5.22. The zero-order chi connectivity index (χ0) is 15.1. The minimum Gasteiger partial charge on any atom is -0.395 e. The van der Waals surface area contributed by atoms with E-state index in [0.29, 0.717) is 6.54 Å². The Bertz CT molecular complexity index is 552. The smallest absolute Gasteiger partial charge is 0.114 e. The molecule has 0 aromatic heterocycles. The third-order valence-corrected chi connectivity index (χ3v) is 3.68. The molecule has 0 saturated carbocycles. The Morgan fingerprint density at radius 1 is 1.05 bits per heavy atom. The number of nitrogens with zero attached hydrogens (tertiary/aromatic N) is 1. The number of β-amino-alcohol motifs (C(OH)–C–C–N with tert-alkyl or cyclic N) is 1. The maximum Gasteiger partial charge on any atom is 0.114 e. The molecular weight excluding hydrogens is 260 g/mol. The van der Waals surface area contributed by atoms with Gasteiger partial charge < -0.3 is 5.11 Å². The summed E-state index contributed by atoms with van der Waals surface area (Å²) < 4.78 is 0. The molecule has 0 aliphatic heterocycles. The highest BCUT2D eigenvalue weighted by molar-refractivity contribution is 5.39. The topological polar surface area (TPSA) is 56.0 Å². The molecule has 0 aliphatic carbocycles. The molecular formula is C18H20N2O. The number of nitriles is 1. The fraction of sp³-hybridized carbons (Fsp3) is 0.278. The molecule has 0 saturated heterocycles. The highest BCUT2D eigenvalue weighted by Crippen LogP contribution is 2.34. The first-order chi connectivity index (χ1) is 10.2. The number of benzene rings is 2. The molecule has 0 amide bonds. The molecule has 0 radical (unpaired) electrons. The van der Waals surface area contributed by atoms with Gasteiger partial charge in [0.05, 0.1) is 12.7 Å². The molecule has 3 nitrogen and oxygen atoms in total. The van der Waals surface area contributed by atoms with Crippen molar-refractivity contribution in [2.45, 2.75) is 18.4 Å². The third kappa shape index (κ3) is 3.49. The summed E-state index contributed by atoms with van der Waals surface area (Å²) >= 11 is 0. The van der Waals surface area contributed by atoms with Gasteiger partial charge in [0.2, 0.25) is 0 Å². The van der Waals surface area contributed by atoms with E-state index in [0.717, 1.165) is 11.1 Å². The van der Waals surface area contributed by atoms with E-state index in [2.05, 4.69) is 11.4 Å². The van der Waals surface area contributed by atoms with Crippen molar-refractivity contribution < 1.29 is 5.11 Å². The van der Waals surface area contributed by atoms with Crippen molar-refractivity contribution in [1.82, 2.24) is 5.32 Å². The Kier molecular flexibility index (Phi) is 5.10. The van der Waals surface area contributed by atoms with Crippen molar-refractivity contribution in [3.8, 4) is 6.07 Å². The molecule has 0 aliphatic rings. The Labute approximate surface area is 125 Å². The van der Waals surface area contributed by atoms with Crippen LogP contribution in [0.3, 0.4) is 0 Å².